The Kier molecular flexibility index (Phi) is 4.29. The quantitative estimate of drug-likeness (QED) is 0.856. The number of nitrogens with one attached hydrogen (secondary N) is 1. The van der Waals surface area contributed by atoms with E-state index in [-0.39, 0.29) is 11.2 Å². The standard InChI is InChI=1S/C17H26FN/c1-5-8-19-14-6-7-17(4,11-14)16-13(3)9-12(2)10-15(16)18/h9-10,14,19H,5-8,11H2,1-4H3. The third-order valence-electron chi connectivity index (χ3n) is 4.46. The van der Waals surface area contributed by atoms with E-state index < -0.39 is 0 Å². The summed E-state index contributed by atoms with van der Waals surface area (Å²) in [6.07, 6.45) is 4.44. The zero-order chi connectivity index (χ0) is 14.0. The Hall–Kier alpha value is -0.890. The average molecular weight is 263 g/mol. The number of hydrogen-bond acceptors (Lipinski definition) is 1. The third-order valence-corrected chi connectivity index (χ3v) is 4.46. The van der Waals surface area contributed by atoms with Crippen LogP contribution in [-0.4, -0.2) is 12.6 Å². The van der Waals surface area contributed by atoms with E-state index in [2.05, 4.69) is 25.2 Å². The molecule has 2 atom stereocenters. The van der Waals surface area contributed by atoms with Crippen molar-refractivity contribution in [1.82, 2.24) is 5.32 Å². The van der Waals surface area contributed by atoms with E-state index in [1.807, 2.05) is 13.8 Å². The number of halogens is 1. The van der Waals surface area contributed by atoms with Gasteiger partial charge in [0.25, 0.3) is 0 Å². The van der Waals surface area contributed by atoms with Crippen LogP contribution in [0.4, 0.5) is 4.39 Å². The molecule has 1 N–H and O–H groups in total. The Morgan fingerprint density at radius 3 is 2.74 bits per heavy atom. The van der Waals surface area contributed by atoms with Crippen LogP contribution in [0.15, 0.2) is 12.1 Å². The number of aryl methyl sites for hydroxylation is 2. The van der Waals surface area contributed by atoms with Gasteiger partial charge >= 0.3 is 0 Å². The summed E-state index contributed by atoms with van der Waals surface area (Å²) < 4.78 is 14.4. The lowest BCUT2D eigenvalue weighted by molar-refractivity contribution is 0.429. The Labute approximate surface area is 116 Å². The van der Waals surface area contributed by atoms with Gasteiger partial charge in [0.2, 0.25) is 0 Å². The average Bonchev–Trinajstić information content (AvgIpc) is 2.67. The maximum atomic E-state index is 14.4. The monoisotopic (exact) mass is 263 g/mol. The maximum absolute atomic E-state index is 14.4. The molecule has 1 aromatic carbocycles. The fourth-order valence-corrected chi connectivity index (χ4v) is 3.67. The van der Waals surface area contributed by atoms with Gasteiger partial charge in [-0.2, -0.15) is 0 Å². The highest BCUT2D eigenvalue weighted by Crippen LogP contribution is 2.43. The number of rotatable bonds is 4. The van der Waals surface area contributed by atoms with Crippen molar-refractivity contribution < 1.29 is 4.39 Å². The zero-order valence-electron chi connectivity index (χ0n) is 12.6. The molecule has 1 aliphatic rings. The van der Waals surface area contributed by atoms with Crippen LogP contribution in [0, 0.1) is 19.7 Å². The zero-order valence-corrected chi connectivity index (χ0v) is 12.6. The molecule has 1 aliphatic carbocycles. The Morgan fingerprint density at radius 2 is 2.11 bits per heavy atom. The molecule has 1 aromatic rings. The lowest BCUT2D eigenvalue weighted by atomic mass is 9.78. The van der Waals surface area contributed by atoms with Gasteiger partial charge < -0.3 is 5.32 Å². The van der Waals surface area contributed by atoms with Crippen molar-refractivity contribution >= 4 is 0 Å². The predicted octanol–water partition coefficient (Wildman–Crippen LogP) is 4.25. The molecule has 1 saturated carbocycles. The van der Waals surface area contributed by atoms with Gasteiger partial charge in [0.05, 0.1) is 0 Å². The largest absolute Gasteiger partial charge is 0.314 e. The van der Waals surface area contributed by atoms with Crippen molar-refractivity contribution in [1.29, 1.82) is 0 Å². The smallest absolute Gasteiger partial charge is 0.127 e. The van der Waals surface area contributed by atoms with Crippen LogP contribution in [0.1, 0.15) is 56.2 Å². The lowest BCUT2D eigenvalue weighted by Gasteiger charge is -2.28. The number of hydrogen-bond donors (Lipinski definition) is 1. The second kappa shape index (κ2) is 5.62. The van der Waals surface area contributed by atoms with Crippen molar-refractivity contribution in [3.05, 3.63) is 34.6 Å². The molecular formula is C17H26FN. The van der Waals surface area contributed by atoms with E-state index in [4.69, 9.17) is 0 Å². The van der Waals surface area contributed by atoms with Gasteiger partial charge in [-0.1, -0.05) is 19.9 Å². The first kappa shape index (κ1) is 14.5. The molecule has 0 spiro atoms. The Morgan fingerprint density at radius 1 is 1.37 bits per heavy atom. The summed E-state index contributed by atoms with van der Waals surface area (Å²) in [4.78, 5) is 0. The van der Waals surface area contributed by atoms with Gasteiger partial charge in [-0.3, -0.25) is 0 Å². The second-order valence-corrected chi connectivity index (χ2v) is 6.39. The summed E-state index contributed by atoms with van der Waals surface area (Å²) in [6.45, 7) is 9.48. The van der Waals surface area contributed by atoms with Gasteiger partial charge in [0, 0.05) is 6.04 Å². The first-order valence-corrected chi connectivity index (χ1v) is 7.47. The molecule has 1 nitrogen and oxygen atoms in total. The van der Waals surface area contributed by atoms with Gasteiger partial charge in [0.1, 0.15) is 5.82 Å². The molecule has 1 fully saturated rings. The molecule has 2 unspecified atom stereocenters. The van der Waals surface area contributed by atoms with E-state index in [0.29, 0.717) is 6.04 Å². The van der Waals surface area contributed by atoms with Crippen molar-refractivity contribution in [3.63, 3.8) is 0 Å². The van der Waals surface area contributed by atoms with Crippen LogP contribution in [0.25, 0.3) is 0 Å². The Bertz CT molecular complexity index is 432. The highest BCUT2D eigenvalue weighted by atomic mass is 19.1. The molecule has 0 amide bonds. The van der Waals surface area contributed by atoms with Crippen molar-refractivity contribution in [3.8, 4) is 0 Å². The summed E-state index contributed by atoms with van der Waals surface area (Å²) in [5.74, 6) is -0.0175. The third kappa shape index (κ3) is 3.00. The van der Waals surface area contributed by atoms with Crippen LogP contribution < -0.4 is 5.32 Å². The molecule has 106 valence electrons. The van der Waals surface area contributed by atoms with Crippen molar-refractivity contribution in [2.24, 2.45) is 0 Å². The van der Waals surface area contributed by atoms with Gasteiger partial charge in [0.15, 0.2) is 0 Å². The van der Waals surface area contributed by atoms with E-state index in [1.165, 1.54) is 0 Å². The van der Waals surface area contributed by atoms with Gasteiger partial charge in [-0.05, 0) is 74.2 Å². The van der Waals surface area contributed by atoms with E-state index in [9.17, 15) is 4.39 Å². The lowest BCUT2D eigenvalue weighted by Crippen LogP contribution is -2.30. The fourth-order valence-electron chi connectivity index (χ4n) is 3.67. The summed E-state index contributed by atoms with van der Waals surface area (Å²) in [5, 5.41) is 3.58. The highest BCUT2D eigenvalue weighted by Gasteiger charge is 2.38. The van der Waals surface area contributed by atoms with Crippen molar-refractivity contribution in [2.75, 3.05) is 6.54 Å². The van der Waals surface area contributed by atoms with Crippen LogP contribution >= 0.6 is 0 Å². The van der Waals surface area contributed by atoms with Gasteiger partial charge in [-0.15, -0.1) is 0 Å². The van der Waals surface area contributed by atoms with Crippen molar-refractivity contribution in [2.45, 2.75) is 64.8 Å². The molecule has 0 bridgehead atoms. The molecule has 0 radical (unpaired) electrons. The van der Waals surface area contributed by atoms with E-state index >= 15 is 0 Å². The van der Waals surface area contributed by atoms with E-state index in [1.54, 1.807) is 6.07 Å². The molecule has 0 heterocycles. The molecule has 0 saturated heterocycles. The summed E-state index contributed by atoms with van der Waals surface area (Å²) in [5.41, 5.74) is 3.06. The first-order chi connectivity index (χ1) is 8.96. The van der Waals surface area contributed by atoms with Crippen LogP contribution in [-0.2, 0) is 5.41 Å². The molecule has 0 aromatic heterocycles. The molecule has 19 heavy (non-hydrogen) atoms. The predicted molar refractivity (Wildman–Crippen MR) is 79.2 cm³/mol. The van der Waals surface area contributed by atoms with Crippen LogP contribution in [0.3, 0.4) is 0 Å². The minimum absolute atomic E-state index is 0.00667. The Balaban J connectivity index is 2.22. The summed E-state index contributed by atoms with van der Waals surface area (Å²) in [6, 6.07) is 4.33. The first-order valence-electron chi connectivity index (χ1n) is 7.47. The van der Waals surface area contributed by atoms with Gasteiger partial charge in [-0.25, -0.2) is 4.39 Å². The number of benzene rings is 1. The summed E-state index contributed by atoms with van der Waals surface area (Å²) in [7, 11) is 0. The summed E-state index contributed by atoms with van der Waals surface area (Å²) >= 11 is 0. The molecule has 2 rings (SSSR count). The highest BCUT2D eigenvalue weighted by molar-refractivity contribution is 5.38. The second-order valence-electron chi connectivity index (χ2n) is 6.39. The van der Waals surface area contributed by atoms with Crippen LogP contribution in [0.5, 0.6) is 0 Å². The maximum Gasteiger partial charge on any atom is 0.127 e. The normalized spacial score (nSPS) is 26.9. The van der Waals surface area contributed by atoms with Crippen LogP contribution in [0.2, 0.25) is 0 Å². The molecule has 2 heteroatoms. The molecule has 0 aliphatic heterocycles. The fraction of sp³-hybridized carbons (Fsp3) is 0.647. The van der Waals surface area contributed by atoms with E-state index in [0.717, 1.165) is 48.9 Å². The topological polar surface area (TPSA) is 12.0 Å². The SMILES string of the molecule is CCCNC1CCC(C)(c2c(C)cc(C)cc2F)C1. The minimum atomic E-state index is -0.0175. The minimum Gasteiger partial charge on any atom is -0.314 e. The molecular weight excluding hydrogens is 237 g/mol.